The molecule has 11 heavy (non-hydrogen) atoms. The molecule has 0 aromatic heterocycles. The number of hydrogen-bond acceptors (Lipinski definition) is 2. The lowest BCUT2D eigenvalue weighted by Crippen LogP contribution is -2.28. The Balaban J connectivity index is 3.65. The van der Waals surface area contributed by atoms with Gasteiger partial charge in [-0.15, -0.1) is 6.42 Å². The third kappa shape index (κ3) is 4.18. The minimum absolute atomic E-state index is 0.118. The summed E-state index contributed by atoms with van der Waals surface area (Å²) in [6, 6.07) is -0.119. The maximum absolute atomic E-state index is 10.2. The van der Waals surface area contributed by atoms with Crippen molar-refractivity contribution >= 4 is 5.97 Å². The van der Waals surface area contributed by atoms with E-state index in [2.05, 4.69) is 17.8 Å². The zero-order chi connectivity index (χ0) is 8.85. The third-order valence-corrected chi connectivity index (χ3v) is 1.17. The highest BCUT2D eigenvalue weighted by atomic mass is 16.4. The van der Waals surface area contributed by atoms with Gasteiger partial charge in [0.25, 0.3) is 0 Å². The molecule has 1 unspecified atom stereocenters. The number of carboxylic acids is 1. The van der Waals surface area contributed by atoms with E-state index < -0.39 is 5.97 Å². The van der Waals surface area contributed by atoms with Gasteiger partial charge in [0.15, 0.2) is 0 Å². The maximum Gasteiger partial charge on any atom is 0.332 e. The minimum Gasteiger partial charge on any atom is -0.478 e. The summed E-state index contributed by atoms with van der Waals surface area (Å²) >= 11 is 0. The first-order valence-corrected chi connectivity index (χ1v) is 3.18. The van der Waals surface area contributed by atoms with Gasteiger partial charge in [-0.3, -0.25) is 5.32 Å². The molecule has 0 radical (unpaired) electrons. The number of rotatable bonds is 4. The first kappa shape index (κ1) is 9.73. The Bertz CT molecular complexity index is 203. The average Bonchev–Trinajstić information content (AvgIpc) is 1.99. The topological polar surface area (TPSA) is 49.3 Å². The summed E-state index contributed by atoms with van der Waals surface area (Å²) in [5, 5.41) is 11.2. The molecule has 0 saturated carbocycles. The van der Waals surface area contributed by atoms with Crippen molar-refractivity contribution in [1.29, 1.82) is 0 Å². The van der Waals surface area contributed by atoms with Gasteiger partial charge in [0.2, 0.25) is 0 Å². The molecule has 0 saturated heterocycles. The van der Waals surface area contributed by atoms with Crippen LogP contribution in [0.4, 0.5) is 0 Å². The largest absolute Gasteiger partial charge is 0.478 e. The number of aliphatic carboxylic acids is 1. The van der Waals surface area contributed by atoms with Crippen LogP contribution in [0.2, 0.25) is 0 Å². The number of terminal acetylenes is 1. The van der Waals surface area contributed by atoms with E-state index in [0.29, 0.717) is 0 Å². The molecule has 0 aliphatic carbocycles. The van der Waals surface area contributed by atoms with Crippen LogP contribution in [0.25, 0.3) is 0 Å². The fourth-order valence-corrected chi connectivity index (χ4v) is 0.411. The first-order chi connectivity index (χ1) is 5.07. The Kier molecular flexibility index (Phi) is 4.01. The number of hydrogen-bond donors (Lipinski definition) is 2. The van der Waals surface area contributed by atoms with Gasteiger partial charge in [-0.2, -0.15) is 0 Å². The van der Waals surface area contributed by atoms with Gasteiger partial charge in [0, 0.05) is 12.1 Å². The molecular formula is C8H11NO2. The summed E-state index contributed by atoms with van der Waals surface area (Å²) in [5.41, 5.74) is 0.118. The van der Waals surface area contributed by atoms with E-state index in [1.54, 1.807) is 6.92 Å². The SMILES string of the molecule is C#CC(C)NCC(=C)C(=O)O. The summed E-state index contributed by atoms with van der Waals surface area (Å²) in [4.78, 5) is 10.2. The van der Waals surface area contributed by atoms with Gasteiger partial charge in [0.1, 0.15) is 0 Å². The van der Waals surface area contributed by atoms with Crippen LogP contribution < -0.4 is 5.32 Å². The second kappa shape index (κ2) is 4.53. The quantitative estimate of drug-likeness (QED) is 0.449. The smallest absolute Gasteiger partial charge is 0.332 e. The lowest BCUT2D eigenvalue weighted by molar-refractivity contribution is -0.132. The summed E-state index contributed by atoms with van der Waals surface area (Å²) < 4.78 is 0. The Hall–Kier alpha value is -1.27. The van der Waals surface area contributed by atoms with Crippen molar-refractivity contribution in [3.05, 3.63) is 12.2 Å². The van der Waals surface area contributed by atoms with Crippen molar-refractivity contribution in [2.45, 2.75) is 13.0 Å². The highest BCUT2D eigenvalue weighted by molar-refractivity contribution is 5.86. The van der Waals surface area contributed by atoms with Gasteiger partial charge >= 0.3 is 5.97 Å². The summed E-state index contributed by atoms with van der Waals surface area (Å²) in [6.07, 6.45) is 5.04. The van der Waals surface area contributed by atoms with Crippen molar-refractivity contribution in [2.24, 2.45) is 0 Å². The monoisotopic (exact) mass is 153 g/mol. The molecule has 0 fully saturated rings. The minimum atomic E-state index is -0.998. The molecule has 0 aliphatic rings. The van der Waals surface area contributed by atoms with Gasteiger partial charge < -0.3 is 5.11 Å². The number of nitrogens with one attached hydrogen (secondary N) is 1. The summed E-state index contributed by atoms with van der Waals surface area (Å²) in [7, 11) is 0. The van der Waals surface area contributed by atoms with Crippen LogP contribution in [-0.4, -0.2) is 23.7 Å². The van der Waals surface area contributed by atoms with E-state index in [-0.39, 0.29) is 18.2 Å². The molecule has 1 atom stereocenters. The van der Waals surface area contributed by atoms with Crippen molar-refractivity contribution in [1.82, 2.24) is 5.32 Å². The van der Waals surface area contributed by atoms with Gasteiger partial charge in [-0.05, 0) is 6.92 Å². The normalized spacial score (nSPS) is 11.6. The molecule has 2 N–H and O–H groups in total. The number of carboxylic acid groups (broad SMARTS) is 1. The van der Waals surface area contributed by atoms with Crippen LogP contribution >= 0.6 is 0 Å². The highest BCUT2D eigenvalue weighted by Crippen LogP contribution is 1.87. The van der Waals surface area contributed by atoms with E-state index in [1.165, 1.54) is 0 Å². The molecule has 0 bridgehead atoms. The van der Waals surface area contributed by atoms with Crippen LogP contribution in [0.3, 0.4) is 0 Å². The second-order valence-corrected chi connectivity index (χ2v) is 2.18. The van der Waals surface area contributed by atoms with Crippen LogP contribution in [0.5, 0.6) is 0 Å². The molecule has 3 nitrogen and oxygen atoms in total. The fraction of sp³-hybridized carbons (Fsp3) is 0.375. The lowest BCUT2D eigenvalue weighted by atomic mass is 10.3. The maximum atomic E-state index is 10.2. The highest BCUT2D eigenvalue weighted by Gasteiger charge is 2.03. The molecular weight excluding hydrogens is 142 g/mol. The molecule has 60 valence electrons. The van der Waals surface area contributed by atoms with Gasteiger partial charge in [-0.25, -0.2) is 4.79 Å². The molecule has 0 amide bonds. The van der Waals surface area contributed by atoms with Crippen molar-refractivity contribution < 1.29 is 9.90 Å². The summed E-state index contributed by atoms with van der Waals surface area (Å²) in [6.45, 7) is 5.33. The fourth-order valence-electron chi connectivity index (χ4n) is 0.411. The Morgan fingerprint density at radius 1 is 1.91 bits per heavy atom. The third-order valence-electron chi connectivity index (χ3n) is 1.17. The van der Waals surface area contributed by atoms with Crippen LogP contribution in [0, 0.1) is 12.3 Å². The van der Waals surface area contributed by atoms with E-state index in [9.17, 15) is 4.79 Å². The van der Waals surface area contributed by atoms with Gasteiger partial charge in [-0.1, -0.05) is 12.5 Å². The predicted molar refractivity (Wildman–Crippen MR) is 43.1 cm³/mol. The van der Waals surface area contributed by atoms with E-state index in [1.807, 2.05) is 0 Å². The lowest BCUT2D eigenvalue weighted by Gasteiger charge is -2.05. The summed E-state index contributed by atoms with van der Waals surface area (Å²) in [5.74, 6) is 1.42. The Labute approximate surface area is 66.1 Å². The van der Waals surface area contributed by atoms with Crippen LogP contribution in [0.15, 0.2) is 12.2 Å². The molecule has 0 aromatic rings. The first-order valence-electron chi connectivity index (χ1n) is 3.18. The van der Waals surface area contributed by atoms with Crippen molar-refractivity contribution in [3.8, 4) is 12.3 Å². The molecule has 0 aromatic carbocycles. The van der Waals surface area contributed by atoms with Crippen molar-refractivity contribution in [2.75, 3.05) is 6.54 Å². The molecule has 0 aliphatic heterocycles. The molecule has 0 rings (SSSR count). The second-order valence-electron chi connectivity index (χ2n) is 2.18. The van der Waals surface area contributed by atoms with Gasteiger partial charge in [0.05, 0.1) is 6.04 Å². The van der Waals surface area contributed by atoms with Crippen molar-refractivity contribution in [3.63, 3.8) is 0 Å². The van der Waals surface area contributed by atoms with Crippen LogP contribution in [0.1, 0.15) is 6.92 Å². The zero-order valence-corrected chi connectivity index (χ0v) is 6.42. The Morgan fingerprint density at radius 2 is 2.45 bits per heavy atom. The standard InChI is InChI=1S/C8H11NO2/c1-4-7(3)9-5-6(2)8(10)11/h1,7,9H,2,5H2,3H3,(H,10,11). The van der Waals surface area contributed by atoms with E-state index in [4.69, 9.17) is 11.5 Å². The predicted octanol–water partition coefficient (Wildman–Crippen LogP) is 0.238. The average molecular weight is 153 g/mol. The van der Waals surface area contributed by atoms with E-state index >= 15 is 0 Å². The van der Waals surface area contributed by atoms with Crippen LogP contribution in [-0.2, 0) is 4.79 Å². The molecule has 3 heteroatoms. The number of carbonyl (C=O) groups is 1. The zero-order valence-electron chi connectivity index (χ0n) is 6.42. The Morgan fingerprint density at radius 3 is 2.82 bits per heavy atom. The van der Waals surface area contributed by atoms with E-state index in [0.717, 1.165) is 0 Å². The molecule has 0 heterocycles. The molecule has 0 spiro atoms.